The second-order valence-electron chi connectivity index (χ2n) is 6.01. The van der Waals surface area contributed by atoms with Gasteiger partial charge in [-0.05, 0) is 24.6 Å². The third-order valence-electron chi connectivity index (χ3n) is 3.92. The Hall–Kier alpha value is -2.53. The predicted octanol–water partition coefficient (Wildman–Crippen LogP) is 2.33. The molecule has 0 aliphatic heterocycles. The van der Waals surface area contributed by atoms with Crippen molar-refractivity contribution in [3.63, 3.8) is 0 Å². The number of carbonyl (C=O) groups excluding carboxylic acids is 1. The number of urea groups is 1. The molecule has 5 nitrogen and oxygen atoms in total. The normalized spacial score (nSPS) is 13.0. The van der Waals surface area contributed by atoms with Crippen LogP contribution in [-0.2, 0) is 5.60 Å². The van der Waals surface area contributed by atoms with Crippen LogP contribution in [0.4, 0.5) is 10.5 Å². The summed E-state index contributed by atoms with van der Waals surface area (Å²) in [5.41, 5.74) is 0.778. The average molecular weight is 327 g/mol. The number of para-hydroxylation sites is 1. The number of hydrogen-bond acceptors (Lipinski definition) is 3. The van der Waals surface area contributed by atoms with Crippen molar-refractivity contribution in [3.05, 3.63) is 66.2 Å². The number of amides is 2. The summed E-state index contributed by atoms with van der Waals surface area (Å²) in [6, 6.07) is 19.0. The predicted molar refractivity (Wildman–Crippen MR) is 97.1 cm³/mol. The molecule has 0 aromatic heterocycles. The van der Waals surface area contributed by atoms with E-state index in [4.69, 9.17) is 0 Å². The van der Waals surface area contributed by atoms with Crippen LogP contribution in [0.5, 0.6) is 0 Å². The summed E-state index contributed by atoms with van der Waals surface area (Å²) < 4.78 is 0. The molecule has 3 N–H and O–H groups in total. The maximum atomic E-state index is 11.9. The van der Waals surface area contributed by atoms with Crippen molar-refractivity contribution in [3.8, 4) is 0 Å². The molecule has 0 aliphatic rings. The number of nitrogens with zero attached hydrogens (tertiary/aromatic N) is 1. The highest BCUT2D eigenvalue weighted by Crippen LogP contribution is 2.18. The Morgan fingerprint density at radius 1 is 1.04 bits per heavy atom. The molecule has 0 fully saturated rings. The van der Waals surface area contributed by atoms with Gasteiger partial charge in [0.15, 0.2) is 0 Å². The number of rotatable bonds is 7. The second kappa shape index (κ2) is 8.36. The lowest BCUT2D eigenvalue weighted by Crippen LogP contribution is -2.45. The summed E-state index contributed by atoms with van der Waals surface area (Å²) in [6.45, 7) is 3.06. The third-order valence-corrected chi connectivity index (χ3v) is 3.92. The number of hydrogen-bond donors (Lipinski definition) is 3. The van der Waals surface area contributed by atoms with Gasteiger partial charge < -0.3 is 20.6 Å². The van der Waals surface area contributed by atoms with Crippen molar-refractivity contribution in [2.75, 3.05) is 31.6 Å². The molecule has 5 heteroatoms. The van der Waals surface area contributed by atoms with Gasteiger partial charge in [-0.15, -0.1) is 0 Å². The van der Waals surface area contributed by atoms with E-state index < -0.39 is 5.60 Å². The van der Waals surface area contributed by atoms with Crippen molar-refractivity contribution < 1.29 is 9.90 Å². The van der Waals surface area contributed by atoms with Gasteiger partial charge in [-0.25, -0.2) is 4.79 Å². The summed E-state index contributed by atoms with van der Waals surface area (Å²) in [6.07, 6.45) is 0. The molecule has 0 aliphatic carbocycles. The van der Waals surface area contributed by atoms with Gasteiger partial charge in [0.05, 0.1) is 6.54 Å². The minimum absolute atomic E-state index is 0.150. The minimum atomic E-state index is -1.10. The van der Waals surface area contributed by atoms with Crippen molar-refractivity contribution in [2.24, 2.45) is 0 Å². The average Bonchev–Trinajstić information content (AvgIpc) is 2.61. The first kappa shape index (κ1) is 17.8. The number of likely N-dealkylation sites (N-methyl/N-ethyl adjacent to an activating group) is 1. The van der Waals surface area contributed by atoms with Crippen molar-refractivity contribution in [2.45, 2.75) is 12.5 Å². The Balaban J connectivity index is 1.72. The fourth-order valence-electron chi connectivity index (χ4n) is 2.36. The van der Waals surface area contributed by atoms with Crippen LogP contribution in [0, 0.1) is 0 Å². The maximum Gasteiger partial charge on any atom is 0.314 e. The molecule has 2 aromatic rings. The van der Waals surface area contributed by atoms with E-state index in [2.05, 4.69) is 15.5 Å². The van der Waals surface area contributed by atoms with E-state index in [-0.39, 0.29) is 12.6 Å². The lowest BCUT2D eigenvalue weighted by Gasteiger charge is -2.24. The van der Waals surface area contributed by atoms with E-state index in [0.29, 0.717) is 13.1 Å². The SMILES string of the molecule is CN(CCNC(=O)NCC(C)(O)c1ccccc1)c1ccccc1. The highest BCUT2D eigenvalue weighted by Gasteiger charge is 2.23. The van der Waals surface area contributed by atoms with E-state index in [9.17, 15) is 9.90 Å². The number of benzene rings is 2. The molecule has 2 aromatic carbocycles. The molecule has 24 heavy (non-hydrogen) atoms. The lowest BCUT2D eigenvalue weighted by molar-refractivity contribution is 0.0594. The van der Waals surface area contributed by atoms with E-state index in [1.54, 1.807) is 6.92 Å². The molecule has 0 saturated carbocycles. The molecule has 0 spiro atoms. The fraction of sp³-hybridized carbons (Fsp3) is 0.316. The Bertz CT molecular complexity index is 630. The zero-order valence-electron chi connectivity index (χ0n) is 14.2. The molecule has 2 amide bonds. The Kier molecular flexibility index (Phi) is 6.21. The molecule has 0 saturated heterocycles. The molecule has 0 bridgehead atoms. The highest BCUT2D eigenvalue weighted by molar-refractivity contribution is 5.74. The topological polar surface area (TPSA) is 64.6 Å². The first-order chi connectivity index (χ1) is 11.5. The van der Waals surface area contributed by atoms with Crippen molar-refractivity contribution in [1.82, 2.24) is 10.6 Å². The van der Waals surface area contributed by atoms with Gasteiger partial charge in [0, 0.05) is 25.8 Å². The smallest absolute Gasteiger partial charge is 0.314 e. The molecule has 128 valence electrons. The molecule has 0 radical (unpaired) electrons. The van der Waals surface area contributed by atoms with Crippen LogP contribution in [0.2, 0.25) is 0 Å². The maximum absolute atomic E-state index is 11.9. The third kappa shape index (κ3) is 5.28. The van der Waals surface area contributed by atoms with Gasteiger partial charge in [0.2, 0.25) is 0 Å². The number of nitrogens with one attached hydrogen (secondary N) is 2. The quantitative estimate of drug-likeness (QED) is 0.731. The minimum Gasteiger partial charge on any atom is -0.384 e. The number of anilines is 1. The number of aliphatic hydroxyl groups is 1. The fourth-order valence-corrected chi connectivity index (χ4v) is 2.36. The van der Waals surface area contributed by atoms with Crippen molar-refractivity contribution in [1.29, 1.82) is 0 Å². The number of carbonyl (C=O) groups is 1. The Morgan fingerprint density at radius 2 is 1.62 bits per heavy atom. The van der Waals surface area contributed by atoms with Crippen LogP contribution >= 0.6 is 0 Å². The monoisotopic (exact) mass is 327 g/mol. The van der Waals surface area contributed by atoms with Gasteiger partial charge in [0.25, 0.3) is 0 Å². The molecule has 1 unspecified atom stereocenters. The highest BCUT2D eigenvalue weighted by atomic mass is 16.3. The van der Waals surface area contributed by atoms with E-state index in [1.807, 2.05) is 67.7 Å². The van der Waals surface area contributed by atoms with Gasteiger partial charge in [-0.1, -0.05) is 48.5 Å². The zero-order valence-corrected chi connectivity index (χ0v) is 14.2. The van der Waals surface area contributed by atoms with Crippen LogP contribution in [0.25, 0.3) is 0 Å². The molecular formula is C19H25N3O2. The van der Waals surface area contributed by atoms with Gasteiger partial charge >= 0.3 is 6.03 Å². The van der Waals surface area contributed by atoms with Crippen LogP contribution in [0.15, 0.2) is 60.7 Å². The van der Waals surface area contributed by atoms with E-state index >= 15 is 0 Å². The molecule has 2 rings (SSSR count). The largest absolute Gasteiger partial charge is 0.384 e. The Morgan fingerprint density at radius 3 is 2.25 bits per heavy atom. The van der Waals surface area contributed by atoms with Crippen LogP contribution in [0.1, 0.15) is 12.5 Å². The summed E-state index contributed by atoms with van der Waals surface area (Å²) in [7, 11) is 1.98. The van der Waals surface area contributed by atoms with E-state index in [1.165, 1.54) is 0 Å². The molecular weight excluding hydrogens is 302 g/mol. The molecule has 0 heterocycles. The standard InChI is InChI=1S/C19H25N3O2/c1-19(24,16-9-5-3-6-10-16)15-21-18(23)20-13-14-22(2)17-11-7-4-8-12-17/h3-12,24H,13-15H2,1-2H3,(H2,20,21,23). The first-order valence-corrected chi connectivity index (χ1v) is 8.05. The van der Waals surface area contributed by atoms with E-state index in [0.717, 1.165) is 11.3 Å². The van der Waals surface area contributed by atoms with Crippen molar-refractivity contribution >= 4 is 11.7 Å². The zero-order chi connectivity index (χ0) is 17.4. The Labute approximate surface area is 143 Å². The first-order valence-electron chi connectivity index (χ1n) is 8.05. The van der Waals surface area contributed by atoms with Crippen LogP contribution in [0.3, 0.4) is 0 Å². The van der Waals surface area contributed by atoms with Crippen LogP contribution < -0.4 is 15.5 Å². The van der Waals surface area contributed by atoms with Gasteiger partial charge in [0.1, 0.15) is 5.60 Å². The van der Waals surface area contributed by atoms with Gasteiger partial charge in [-0.2, -0.15) is 0 Å². The van der Waals surface area contributed by atoms with Crippen LogP contribution in [-0.4, -0.2) is 37.8 Å². The second-order valence-corrected chi connectivity index (χ2v) is 6.01. The van der Waals surface area contributed by atoms with Gasteiger partial charge in [-0.3, -0.25) is 0 Å². The molecule has 1 atom stereocenters. The summed E-state index contributed by atoms with van der Waals surface area (Å²) in [4.78, 5) is 14.0. The summed E-state index contributed by atoms with van der Waals surface area (Å²) in [5.74, 6) is 0. The summed E-state index contributed by atoms with van der Waals surface area (Å²) in [5, 5.41) is 16.0. The summed E-state index contributed by atoms with van der Waals surface area (Å²) >= 11 is 0. The lowest BCUT2D eigenvalue weighted by atomic mass is 9.96.